The zero-order valence-corrected chi connectivity index (χ0v) is 15.7. The third kappa shape index (κ3) is 6.32. The number of benzene rings is 2. The van der Waals surface area contributed by atoms with Crippen molar-refractivity contribution >= 4 is 17.8 Å². The van der Waals surface area contributed by atoms with Gasteiger partial charge >= 0.3 is 5.97 Å². The van der Waals surface area contributed by atoms with Crippen LogP contribution in [0.2, 0.25) is 0 Å². The molecule has 2 aromatic rings. The molecule has 0 aliphatic heterocycles. The Morgan fingerprint density at radius 2 is 1.62 bits per heavy atom. The first-order chi connectivity index (χ1) is 12.4. The summed E-state index contributed by atoms with van der Waals surface area (Å²) >= 11 is 0. The molecule has 0 aromatic heterocycles. The number of ether oxygens (including phenoxy) is 1. The molecule has 2 rings (SSSR count). The van der Waals surface area contributed by atoms with Crippen LogP contribution < -0.4 is 0 Å². The smallest absolute Gasteiger partial charge is 0.338 e. The van der Waals surface area contributed by atoms with Gasteiger partial charge in [0.05, 0.1) is 12.2 Å². The molecule has 0 amide bonds. The Bertz CT molecular complexity index is 750. The van der Waals surface area contributed by atoms with Crippen LogP contribution in [-0.4, -0.2) is 18.4 Å². The summed E-state index contributed by atoms with van der Waals surface area (Å²) in [5.74, 6) is -0.326. The molecule has 0 fully saturated rings. The zero-order valence-electron chi connectivity index (χ0n) is 15.7. The van der Waals surface area contributed by atoms with E-state index in [1.165, 1.54) is 5.56 Å². The van der Waals surface area contributed by atoms with Crippen molar-refractivity contribution in [2.45, 2.75) is 39.0 Å². The van der Waals surface area contributed by atoms with Gasteiger partial charge in [0.15, 0.2) is 5.78 Å². The van der Waals surface area contributed by atoms with Crippen molar-refractivity contribution in [3.05, 3.63) is 77.4 Å². The average molecular weight is 350 g/mol. The van der Waals surface area contributed by atoms with Crippen LogP contribution in [0.15, 0.2) is 60.7 Å². The van der Waals surface area contributed by atoms with Crippen LogP contribution >= 0.6 is 0 Å². The van der Waals surface area contributed by atoms with E-state index in [-0.39, 0.29) is 23.8 Å². The average Bonchev–Trinajstić information content (AvgIpc) is 2.63. The van der Waals surface area contributed by atoms with E-state index >= 15 is 0 Å². The van der Waals surface area contributed by atoms with E-state index in [4.69, 9.17) is 4.74 Å². The van der Waals surface area contributed by atoms with Gasteiger partial charge in [0.1, 0.15) is 0 Å². The molecule has 0 bridgehead atoms. The summed E-state index contributed by atoms with van der Waals surface area (Å²) in [6.07, 6.45) is 4.29. The van der Waals surface area contributed by atoms with Gasteiger partial charge in [-0.3, -0.25) is 4.79 Å². The number of allylic oxidation sites excluding steroid dienone is 1. The van der Waals surface area contributed by atoms with Crippen molar-refractivity contribution in [3.63, 3.8) is 0 Å². The lowest BCUT2D eigenvalue weighted by Gasteiger charge is -2.18. The molecule has 0 unspecified atom stereocenters. The maximum Gasteiger partial charge on any atom is 0.338 e. The van der Waals surface area contributed by atoms with Crippen molar-refractivity contribution in [3.8, 4) is 0 Å². The van der Waals surface area contributed by atoms with Crippen molar-refractivity contribution < 1.29 is 14.3 Å². The van der Waals surface area contributed by atoms with Gasteiger partial charge in [0, 0.05) is 6.42 Å². The summed E-state index contributed by atoms with van der Waals surface area (Å²) in [4.78, 5) is 23.7. The lowest BCUT2D eigenvalue weighted by Crippen LogP contribution is -2.10. The molecule has 0 aliphatic carbocycles. The Kier molecular flexibility index (Phi) is 6.90. The Balaban J connectivity index is 1.73. The Labute approximate surface area is 155 Å². The first kappa shape index (κ1) is 19.6. The molecule has 0 atom stereocenters. The lowest BCUT2D eigenvalue weighted by atomic mass is 9.87. The van der Waals surface area contributed by atoms with Crippen LogP contribution in [0.4, 0.5) is 0 Å². The summed E-state index contributed by atoms with van der Waals surface area (Å²) in [6, 6.07) is 17.1. The highest BCUT2D eigenvalue weighted by atomic mass is 16.5. The van der Waals surface area contributed by atoms with E-state index in [1.807, 2.05) is 24.3 Å². The minimum atomic E-state index is -0.354. The summed E-state index contributed by atoms with van der Waals surface area (Å²) in [5, 5.41) is 0. The summed E-state index contributed by atoms with van der Waals surface area (Å²) < 4.78 is 5.17. The molecular weight excluding hydrogens is 324 g/mol. The van der Waals surface area contributed by atoms with Gasteiger partial charge in [-0.15, -0.1) is 0 Å². The van der Waals surface area contributed by atoms with Crippen LogP contribution in [0.1, 0.15) is 55.1 Å². The first-order valence-electron chi connectivity index (χ1n) is 8.90. The van der Waals surface area contributed by atoms with Gasteiger partial charge in [0.2, 0.25) is 0 Å². The SMILES string of the molecule is CC(C)(C)c1ccc(/C=C/C(=O)CCCOC(=O)c2ccccc2)cc1. The third-order valence-electron chi connectivity index (χ3n) is 4.05. The molecule has 0 heterocycles. The second-order valence-electron chi connectivity index (χ2n) is 7.28. The minimum Gasteiger partial charge on any atom is -0.462 e. The molecular formula is C23H26O3. The second-order valence-corrected chi connectivity index (χ2v) is 7.28. The molecule has 0 radical (unpaired) electrons. The van der Waals surface area contributed by atoms with Crippen LogP contribution in [0, 0.1) is 0 Å². The van der Waals surface area contributed by atoms with Crippen molar-refractivity contribution in [2.75, 3.05) is 6.61 Å². The molecule has 3 nitrogen and oxygen atoms in total. The number of carbonyl (C=O) groups is 2. The molecule has 0 spiro atoms. The van der Waals surface area contributed by atoms with Gasteiger partial charge in [0.25, 0.3) is 0 Å². The van der Waals surface area contributed by atoms with Gasteiger partial charge < -0.3 is 4.74 Å². The van der Waals surface area contributed by atoms with E-state index in [2.05, 4.69) is 32.9 Å². The second kappa shape index (κ2) is 9.14. The first-order valence-corrected chi connectivity index (χ1v) is 8.90. The predicted molar refractivity (Wildman–Crippen MR) is 105 cm³/mol. The van der Waals surface area contributed by atoms with E-state index < -0.39 is 0 Å². The van der Waals surface area contributed by atoms with Gasteiger partial charge in [-0.1, -0.05) is 69.3 Å². The fourth-order valence-corrected chi connectivity index (χ4v) is 2.44. The maximum atomic E-state index is 11.9. The number of carbonyl (C=O) groups excluding carboxylic acids is 2. The standard InChI is InChI=1S/C23H26O3/c1-23(2,3)20-14-11-18(12-15-20)13-16-21(24)10-7-17-26-22(25)19-8-5-4-6-9-19/h4-6,8-9,11-16H,7,10,17H2,1-3H3/b16-13+. The highest BCUT2D eigenvalue weighted by molar-refractivity contribution is 5.93. The number of esters is 1. The van der Waals surface area contributed by atoms with Crippen LogP contribution in [0.5, 0.6) is 0 Å². The summed E-state index contributed by atoms with van der Waals surface area (Å²) in [5.41, 5.74) is 2.91. The molecule has 26 heavy (non-hydrogen) atoms. The van der Waals surface area contributed by atoms with Crippen LogP contribution in [-0.2, 0) is 14.9 Å². The maximum absolute atomic E-state index is 11.9. The van der Waals surface area contributed by atoms with E-state index in [0.717, 1.165) is 5.56 Å². The number of hydrogen-bond acceptors (Lipinski definition) is 3. The molecule has 2 aromatic carbocycles. The fourth-order valence-electron chi connectivity index (χ4n) is 2.44. The zero-order chi connectivity index (χ0) is 19.0. The minimum absolute atomic E-state index is 0.0284. The van der Waals surface area contributed by atoms with Crippen molar-refractivity contribution in [1.82, 2.24) is 0 Å². The van der Waals surface area contributed by atoms with Gasteiger partial charge in [-0.25, -0.2) is 4.79 Å². The number of ketones is 1. The molecule has 3 heteroatoms. The fraction of sp³-hybridized carbons (Fsp3) is 0.304. The van der Waals surface area contributed by atoms with E-state index in [1.54, 1.807) is 30.3 Å². The predicted octanol–water partition coefficient (Wildman–Crippen LogP) is 5.20. The molecule has 136 valence electrons. The van der Waals surface area contributed by atoms with E-state index in [0.29, 0.717) is 18.4 Å². The monoisotopic (exact) mass is 350 g/mol. The lowest BCUT2D eigenvalue weighted by molar-refractivity contribution is -0.114. The largest absolute Gasteiger partial charge is 0.462 e. The Morgan fingerprint density at radius 1 is 0.962 bits per heavy atom. The van der Waals surface area contributed by atoms with Crippen LogP contribution in [0.3, 0.4) is 0 Å². The summed E-state index contributed by atoms with van der Waals surface area (Å²) in [7, 11) is 0. The van der Waals surface area contributed by atoms with Gasteiger partial charge in [-0.05, 0) is 41.2 Å². The topological polar surface area (TPSA) is 43.4 Å². The van der Waals surface area contributed by atoms with Crippen molar-refractivity contribution in [2.24, 2.45) is 0 Å². The molecule has 0 aliphatic rings. The molecule has 0 N–H and O–H groups in total. The summed E-state index contributed by atoms with van der Waals surface area (Å²) in [6.45, 7) is 6.76. The normalized spacial score (nSPS) is 11.5. The highest BCUT2D eigenvalue weighted by Crippen LogP contribution is 2.22. The number of hydrogen-bond donors (Lipinski definition) is 0. The van der Waals surface area contributed by atoms with Crippen LogP contribution in [0.25, 0.3) is 6.08 Å². The Morgan fingerprint density at radius 3 is 2.23 bits per heavy atom. The highest BCUT2D eigenvalue weighted by Gasteiger charge is 2.12. The van der Waals surface area contributed by atoms with Gasteiger partial charge in [-0.2, -0.15) is 0 Å². The van der Waals surface area contributed by atoms with E-state index in [9.17, 15) is 9.59 Å². The van der Waals surface area contributed by atoms with Crippen molar-refractivity contribution in [1.29, 1.82) is 0 Å². The number of rotatable bonds is 7. The quantitative estimate of drug-likeness (QED) is 0.391. The molecule has 0 saturated carbocycles. The molecule has 0 saturated heterocycles. The third-order valence-corrected chi connectivity index (χ3v) is 4.05. The Hall–Kier alpha value is -2.68.